The first-order valence-electron chi connectivity index (χ1n) is 8.81. The van der Waals surface area contributed by atoms with Crippen molar-refractivity contribution in [2.45, 2.75) is 24.7 Å². The first-order valence-corrected chi connectivity index (χ1v) is 10.2. The fraction of sp³-hybridized carbons (Fsp3) is 0.190. The summed E-state index contributed by atoms with van der Waals surface area (Å²) >= 11 is 0. The van der Waals surface area contributed by atoms with Gasteiger partial charge in [0.1, 0.15) is 17.3 Å². The van der Waals surface area contributed by atoms with Gasteiger partial charge in [0.15, 0.2) is 0 Å². The van der Waals surface area contributed by atoms with Gasteiger partial charge in [0, 0.05) is 17.2 Å². The van der Waals surface area contributed by atoms with Crippen LogP contribution < -0.4 is 9.50 Å². The van der Waals surface area contributed by atoms with E-state index in [9.17, 15) is 13.2 Å². The van der Waals surface area contributed by atoms with E-state index in [1.54, 1.807) is 42.5 Å². The molecule has 0 spiro atoms. The van der Waals surface area contributed by atoms with Gasteiger partial charge in [-0.15, -0.1) is 0 Å². The van der Waals surface area contributed by atoms with E-state index in [4.69, 9.17) is 8.92 Å². The second-order valence-corrected chi connectivity index (χ2v) is 8.27. The molecule has 0 bridgehead atoms. The zero-order valence-corrected chi connectivity index (χ0v) is 16.2. The normalized spacial score (nSPS) is 19.2. The van der Waals surface area contributed by atoms with Gasteiger partial charge in [-0.2, -0.15) is 8.42 Å². The predicted octanol–water partition coefficient (Wildman–Crippen LogP) is 3.25. The molecular weight excluding hydrogens is 378 g/mol. The lowest BCUT2D eigenvalue weighted by Crippen LogP contribution is -2.25. The number of rotatable bonds is 4. The summed E-state index contributed by atoms with van der Waals surface area (Å²) in [6.07, 6.45) is 0. The average Bonchev–Trinajstić information content (AvgIpc) is 3.04. The number of para-hydroxylation sites is 1. The van der Waals surface area contributed by atoms with Gasteiger partial charge in [-0.3, -0.25) is 0 Å². The number of hydrogen-bond acceptors (Lipinski definition) is 6. The van der Waals surface area contributed by atoms with Gasteiger partial charge in [-0.05, 0) is 37.6 Å². The van der Waals surface area contributed by atoms with Gasteiger partial charge in [-0.25, -0.2) is 4.79 Å². The lowest BCUT2D eigenvalue weighted by Gasteiger charge is -2.28. The van der Waals surface area contributed by atoms with Crippen LogP contribution in [-0.2, 0) is 19.6 Å². The molecule has 0 aromatic heterocycles. The maximum atomic E-state index is 12.7. The van der Waals surface area contributed by atoms with E-state index in [1.165, 1.54) is 12.1 Å². The second-order valence-electron chi connectivity index (χ2n) is 6.72. The summed E-state index contributed by atoms with van der Waals surface area (Å²) < 4.78 is 36.1. The van der Waals surface area contributed by atoms with Gasteiger partial charge < -0.3 is 14.2 Å². The van der Waals surface area contributed by atoms with Crippen LogP contribution in [0.15, 0.2) is 82.0 Å². The Morgan fingerprint density at radius 3 is 2.46 bits per heavy atom. The lowest BCUT2D eigenvalue weighted by molar-refractivity contribution is -0.136. The van der Waals surface area contributed by atoms with E-state index in [-0.39, 0.29) is 17.3 Å². The molecule has 2 aliphatic heterocycles. The van der Waals surface area contributed by atoms with Gasteiger partial charge in [0.25, 0.3) is 0 Å². The average molecular weight is 397 g/mol. The SMILES string of the molecule is CC1=C(C)C(c2ccccc2OS(=O)(=O)c2ccccc2)C2=C(COC2=O)N1. The standard InChI is InChI=1S/C21H19NO5S/c1-13-14(2)22-17-12-26-21(23)20(17)19(13)16-10-6-7-11-18(16)27-28(24,25)15-8-4-3-5-9-15/h3-11,19,22H,12H2,1-2H3. The van der Waals surface area contributed by atoms with Gasteiger partial charge in [0.05, 0.1) is 11.3 Å². The molecule has 0 radical (unpaired) electrons. The Kier molecular flexibility index (Phi) is 4.47. The summed E-state index contributed by atoms with van der Waals surface area (Å²) in [5.74, 6) is -0.648. The van der Waals surface area contributed by atoms with Crippen LogP contribution >= 0.6 is 0 Å². The Bertz CT molecular complexity index is 1120. The Hall–Kier alpha value is -3.06. The molecule has 0 aliphatic carbocycles. The first kappa shape index (κ1) is 18.3. The van der Waals surface area contributed by atoms with Crippen LogP contribution in [0.2, 0.25) is 0 Å². The molecular formula is C21H19NO5S. The highest BCUT2D eigenvalue weighted by Gasteiger charge is 2.39. The van der Waals surface area contributed by atoms with Crippen molar-refractivity contribution >= 4 is 16.1 Å². The highest BCUT2D eigenvalue weighted by atomic mass is 32.2. The third-order valence-corrected chi connectivity index (χ3v) is 6.25. The van der Waals surface area contributed by atoms with Crippen molar-refractivity contribution in [3.05, 3.63) is 82.7 Å². The summed E-state index contributed by atoms with van der Waals surface area (Å²) in [6, 6.07) is 14.8. The van der Waals surface area contributed by atoms with Crippen LogP contribution in [0.3, 0.4) is 0 Å². The van der Waals surface area contributed by atoms with Crippen LogP contribution in [0, 0.1) is 0 Å². The molecule has 1 N–H and O–H groups in total. The number of nitrogens with one attached hydrogen (secondary N) is 1. The van der Waals surface area contributed by atoms with E-state index in [0.717, 1.165) is 11.3 Å². The van der Waals surface area contributed by atoms with Crippen molar-refractivity contribution in [1.82, 2.24) is 5.32 Å². The molecule has 4 rings (SSSR count). The molecule has 2 heterocycles. The number of dihydropyridines is 1. The third-order valence-electron chi connectivity index (χ3n) is 5.01. The van der Waals surface area contributed by atoms with Crippen molar-refractivity contribution in [3.8, 4) is 5.75 Å². The van der Waals surface area contributed by atoms with Gasteiger partial charge in [-0.1, -0.05) is 36.4 Å². The van der Waals surface area contributed by atoms with Crippen LogP contribution in [-0.4, -0.2) is 21.0 Å². The summed E-state index contributed by atoms with van der Waals surface area (Å²) in [5, 5.41) is 3.21. The second kappa shape index (κ2) is 6.83. The molecule has 0 fully saturated rings. The predicted molar refractivity (Wildman–Crippen MR) is 103 cm³/mol. The smallest absolute Gasteiger partial charge is 0.339 e. The number of carbonyl (C=O) groups excluding carboxylic acids is 1. The topological polar surface area (TPSA) is 81.7 Å². The van der Waals surface area contributed by atoms with E-state index < -0.39 is 22.0 Å². The van der Waals surface area contributed by atoms with Crippen molar-refractivity contribution < 1.29 is 22.1 Å². The summed E-state index contributed by atoms with van der Waals surface area (Å²) in [7, 11) is -4.01. The maximum Gasteiger partial charge on any atom is 0.339 e. The Morgan fingerprint density at radius 2 is 1.71 bits per heavy atom. The largest absolute Gasteiger partial charge is 0.456 e. The van der Waals surface area contributed by atoms with Crippen molar-refractivity contribution in [2.75, 3.05) is 6.61 Å². The quantitative estimate of drug-likeness (QED) is 0.630. The van der Waals surface area contributed by atoms with Gasteiger partial charge in [0.2, 0.25) is 0 Å². The molecule has 28 heavy (non-hydrogen) atoms. The first-order chi connectivity index (χ1) is 13.4. The van der Waals surface area contributed by atoms with Crippen LogP contribution in [0.1, 0.15) is 25.3 Å². The number of esters is 1. The fourth-order valence-electron chi connectivity index (χ4n) is 3.51. The number of ether oxygens (including phenoxy) is 1. The van der Waals surface area contributed by atoms with E-state index >= 15 is 0 Å². The highest BCUT2D eigenvalue weighted by molar-refractivity contribution is 7.87. The molecule has 2 aromatic carbocycles. The molecule has 0 amide bonds. The number of benzene rings is 2. The maximum absolute atomic E-state index is 12.7. The summed E-state index contributed by atoms with van der Waals surface area (Å²) in [6.45, 7) is 4.00. The number of hydrogen-bond donors (Lipinski definition) is 1. The van der Waals surface area contributed by atoms with E-state index in [1.807, 2.05) is 13.8 Å². The molecule has 0 saturated carbocycles. The Labute approximate surface area is 163 Å². The highest BCUT2D eigenvalue weighted by Crippen LogP contribution is 2.44. The number of allylic oxidation sites excluding steroid dienone is 2. The van der Waals surface area contributed by atoms with Crippen LogP contribution in [0.25, 0.3) is 0 Å². The fourth-order valence-corrected chi connectivity index (χ4v) is 4.48. The van der Waals surface area contributed by atoms with Crippen LogP contribution in [0.5, 0.6) is 5.75 Å². The molecule has 7 heteroatoms. The minimum atomic E-state index is -4.01. The minimum Gasteiger partial charge on any atom is -0.456 e. The van der Waals surface area contributed by atoms with Crippen molar-refractivity contribution in [1.29, 1.82) is 0 Å². The third kappa shape index (κ3) is 3.07. The minimum absolute atomic E-state index is 0.0683. The number of carbonyl (C=O) groups is 1. The van der Waals surface area contributed by atoms with Gasteiger partial charge >= 0.3 is 16.1 Å². The summed E-state index contributed by atoms with van der Waals surface area (Å²) in [5.41, 5.74) is 3.62. The molecule has 1 atom stereocenters. The molecule has 144 valence electrons. The molecule has 2 aliphatic rings. The molecule has 2 aromatic rings. The Balaban J connectivity index is 1.80. The Morgan fingerprint density at radius 1 is 1.04 bits per heavy atom. The van der Waals surface area contributed by atoms with E-state index in [0.29, 0.717) is 16.8 Å². The number of cyclic esters (lactones) is 1. The molecule has 6 nitrogen and oxygen atoms in total. The molecule has 1 unspecified atom stereocenters. The van der Waals surface area contributed by atoms with Crippen molar-refractivity contribution in [2.24, 2.45) is 0 Å². The zero-order chi connectivity index (χ0) is 19.9. The van der Waals surface area contributed by atoms with Crippen LogP contribution in [0.4, 0.5) is 0 Å². The van der Waals surface area contributed by atoms with Crippen molar-refractivity contribution in [3.63, 3.8) is 0 Å². The van der Waals surface area contributed by atoms with E-state index in [2.05, 4.69) is 5.32 Å². The molecule has 0 saturated heterocycles. The monoisotopic (exact) mass is 397 g/mol. The summed E-state index contributed by atoms with van der Waals surface area (Å²) in [4.78, 5) is 12.4. The lowest BCUT2D eigenvalue weighted by atomic mass is 9.81. The zero-order valence-electron chi connectivity index (χ0n) is 15.4.